The fraction of sp³-hybridized carbons (Fsp3) is 0.462. The zero-order valence-electron chi connectivity index (χ0n) is 10.8. The molecule has 0 spiro atoms. The van der Waals surface area contributed by atoms with Crippen molar-refractivity contribution in [2.24, 2.45) is 0 Å². The molecule has 0 saturated heterocycles. The molecule has 1 atom stereocenters. The fourth-order valence-corrected chi connectivity index (χ4v) is 2.42. The lowest BCUT2D eigenvalue weighted by Crippen LogP contribution is -2.28. The van der Waals surface area contributed by atoms with E-state index in [0.29, 0.717) is 13.0 Å². The lowest BCUT2D eigenvalue weighted by atomic mass is 10.1. The maximum Gasteiger partial charge on any atom is 0.223 e. The van der Waals surface area contributed by atoms with Gasteiger partial charge in [0, 0.05) is 42.6 Å². The van der Waals surface area contributed by atoms with E-state index in [2.05, 4.69) is 21.2 Å². The molecule has 1 aromatic rings. The number of carbonyl (C=O) groups is 1. The quantitative estimate of drug-likeness (QED) is 0.897. The molecule has 0 aliphatic carbocycles. The number of hydrogen-bond acceptors (Lipinski definition) is 2. The van der Waals surface area contributed by atoms with Crippen molar-refractivity contribution >= 4 is 33.4 Å². The van der Waals surface area contributed by atoms with Crippen LogP contribution in [0.4, 0.5) is 0 Å². The molecular weight excluding hydrogens is 316 g/mol. The minimum Gasteiger partial charge on any atom is -0.349 e. The second-order valence-corrected chi connectivity index (χ2v) is 5.70. The molecule has 18 heavy (non-hydrogen) atoms. The van der Waals surface area contributed by atoms with Gasteiger partial charge in [0.05, 0.1) is 0 Å². The first-order valence-corrected chi connectivity index (χ1v) is 6.97. The van der Waals surface area contributed by atoms with Crippen molar-refractivity contribution in [1.82, 2.24) is 10.2 Å². The Balaban J connectivity index is 2.50. The van der Waals surface area contributed by atoms with E-state index in [0.717, 1.165) is 15.1 Å². The fourth-order valence-electron chi connectivity index (χ4n) is 1.58. The molecule has 100 valence electrons. The van der Waals surface area contributed by atoms with E-state index in [9.17, 15) is 4.79 Å². The highest BCUT2D eigenvalue weighted by atomic mass is 79.9. The van der Waals surface area contributed by atoms with Crippen LogP contribution in [0.15, 0.2) is 22.7 Å². The molecule has 1 aromatic carbocycles. The maximum absolute atomic E-state index is 11.4. The molecule has 0 radical (unpaired) electrons. The van der Waals surface area contributed by atoms with Crippen LogP contribution in [0.25, 0.3) is 0 Å². The summed E-state index contributed by atoms with van der Waals surface area (Å²) < 4.78 is 0.964. The molecule has 1 amide bonds. The Kier molecular flexibility index (Phi) is 6.12. The predicted molar refractivity (Wildman–Crippen MR) is 78.9 cm³/mol. The number of benzene rings is 1. The summed E-state index contributed by atoms with van der Waals surface area (Å²) in [5.41, 5.74) is 1.04. The van der Waals surface area contributed by atoms with E-state index in [4.69, 9.17) is 11.6 Å². The molecule has 3 nitrogen and oxygen atoms in total. The normalized spacial score (nSPS) is 12.3. The number of amides is 1. The lowest BCUT2D eigenvalue weighted by molar-refractivity contribution is -0.128. The van der Waals surface area contributed by atoms with Crippen LogP contribution in [0, 0.1) is 0 Å². The Labute approximate surface area is 122 Å². The third-order valence-electron chi connectivity index (χ3n) is 2.72. The molecule has 5 heteroatoms. The van der Waals surface area contributed by atoms with Crippen molar-refractivity contribution in [3.8, 4) is 0 Å². The first-order chi connectivity index (χ1) is 8.41. The summed E-state index contributed by atoms with van der Waals surface area (Å²) in [6.45, 7) is 2.68. The third-order valence-corrected chi connectivity index (χ3v) is 3.54. The molecule has 0 aliphatic heterocycles. The molecule has 0 saturated carbocycles. The molecule has 1 rings (SSSR count). The van der Waals surface area contributed by atoms with E-state index in [1.165, 1.54) is 0 Å². The monoisotopic (exact) mass is 332 g/mol. The molecule has 0 heterocycles. The van der Waals surface area contributed by atoms with E-state index >= 15 is 0 Å². The smallest absolute Gasteiger partial charge is 0.223 e. The van der Waals surface area contributed by atoms with Crippen molar-refractivity contribution in [3.63, 3.8) is 0 Å². The topological polar surface area (TPSA) is 32.3 Å². The average Bonchev–Trinajstić information content (AvgIpc) is 2.28. The third kappa shape index (κ3) is 4.59. The molecule has 0 bridgehead atoms. The Hall–Kier alpha value is -0.580. The van der Waals surface area contributed by atoms with Gasteiger partial charge < -0.3 is 10.2 Å². The largest absolute Gasteiger partial charge is 0.349 e. The van der Waals surface area contributed by atoms with E-state index in [1.807, 2.05) is 25.1 Å². The van der Waals surface area contributed by atoms with Crippen molar-refractivity contribution in [2.45, 2.75) is 19.4 Å². The lowest BCUT2D eigenvalue weighted by Gasteiger charge is -2.17. The van der Waals surface area contributed by atoms with Gasteiger partial charge in [-0.05, 0) is 24.6 Å². The van der Waals surface area contributed by atoms with Gasteiger partial charge >= 0.3 is 0 Å². The summed E-state index contributed by atoms with van der Waals surface area (Å²) in [4.78, 5) is 13.0. The van der Waals surface area contributed by atoms with Crippen LogP contribution in [0.1, 0.15) is 24.9 Å². The number of nitrogens with one attached hydrogen (secondary N) is 1. The van der Waals surface area contributed by atoms with Gasteiger partial charge in [0.15, 0.2) is 0 Å². The van der Waals surface area contributed by atoms with Crippen LogP contribution in [0.3, 0.4) is 0 Å². The first-order valence-electron chi connectivity index (χ1n) is 5.80. The van der Waals surface area contributed by atoms with Crippen molar-refractivity contribution in [3.05, 3.63) is 33.3 Å². The van der Waals surface area contributed by atoms with E-state index in [-0.39, 0.29) is 11.9 Å². The summed E-state index contributed by atoms with van der Waals surface area (Å²) in [6, 6.07) is 5.95. The molecule has 1 N–H and O–H groups in total. The molecule has 0 aromatic heterocycles. The standard InChI is InChI=1S/C13H18BrClN2O/c1-9(16-7-6-13(18)17(2)3)11-5-4-10(14)8-12(11)15/h4-5,8-9,16H,6-7H2,1-3H3. The average molecular weight is 334 g/mol. The minimum absolute atomic E-state index is 0.122. The maximum atomic E-state index is 11.4. The minimum atomic E-state index is 0.122. The molecular formula is C13H18BrClN2O. The van der Waals surface area contributed by atoms with Crippen molar-refractivity contribution < 1.29 is 4.79 Å². The van der Waals surface area contributed by atoms with Gasteiger partial charge in [-0.2, -0.15) is 0 Å². The number of nitrogens with zero attached hydrogens (tertiary/aromatic N) is 1. The van der Waals surface area contributed by atoms with Gasteiger partial charge in [0.25, 0.3) is 0 Å². The summed E-state index contributed by atoms with van der Waals surface area (Å²) in [7, 11) is 3.52. The van der Waals surface area contributed by atoms with Crippen LogP contribution in [0.2, 0.25) is 5.02 Å². The number of halogens is 2. The molecule has 1 unspecified atom stereocenters. The summed E-state index contributed by atoms with van der Waals surface area (Å²) in [5, 5.41) is 4.02. The van der Waals surface area contributed by atoms with E-state index < -0.39 is 0 Å². The second kappa shape index (κ2) is 7.12. The predicted octanol–water partition coefficient (Wildman–Crippen LogP) is 3.23. The highest BCUT2D eigenvalue weighted by molar-refractivity contribution is 9.10. The van der Waals surface area contributed by atoms with Gasteiger partial charge in [0.2, 0.25) is 5.91 Å². The molecule has 0 fully saturated rings. The van der Waals surface area contributed by atoms with Crippen molar-refractivity contribution in [1.29, 1.82) is 0 Å². The summed E-state index contributed by atoms with van der Waals surface area (Å²) in [5.74, 6) is 0.122. The van der Waals surface area contributed by atoms with Crippen LogP contribution >= 0.6 is 27.5 Å². The SMILES string of the molecule is CC(NCCC(=O)N(C)C)c1ccc(Br)cc1Cl. The summed E-state index contributed by atoms with van der Waals surface area (Å²) >= 11 is 9.55. The highest BCUT2D eigenvalue weighted by Gasteiger charge is 2.10. The van der Waals surface area contributed by atoms with Gasteiger partial charge in [-0.3, -0.25) is 4.79 Å². The van der Waals surface area contributed by atoms with Crippen LogP contribution in [0.5, 0.6) is 0 Å². The van der Waals surface area contributed by atoms with Gasteiger partial charge in [-0.25, -0.2) is 0 Å². The first kappa shape index (κ1) is 15.5. The summed E-state index contributed by atoms with van der Waals surface area (Å²) in [6.07, 6.45) is 0.492. The Morgan fingerprint density at radius 2 is 2.17 bits per heavy atom. The Morgan fingerprint density at radius 1 is 1.50 bits per heavy atom. The van der Waals surface area contributed by atoms with E-state index in [1.54, 1.807) is 19.0 Å². The van der Waals surface area contributed by atoms with Crippen LogP contribution < -0.4 is 5.32 Å². The Bertz CT molecular complexity index is 423. The highest BCUT2D eigenvalue weighted by Crippen LogP contribution is 2.26. The van der Waals surface area contributed by atoms with Crippen molar-refractivity contribution in [2.75, 3.05) is 20.6 Å². The Morgan fingerprint density at radius 3 is 2.72 bits per heavy atom. The van der Waals surface area contributed by atoms with Gasteiger partial charge in [-0.15, -0.1) is 0 Å². The second-order valence-electron chi connectivity index (χ2n) is 4.38. The van der Waals surface area contributed by atoms with Gasteiger partial charge in [0.1, 0.15) is 0 Å². The zero-order chi connectivity index (χ0) is 13.7. The number of carbonyl (C=O) groups excluding carboxylic acids is 1. The van der Waals surface area contributed by atoms with Gasteiger partial charge in [-0.1, -0.05) is 33.6 Å². The van der Waals surface area contributed by atoms with Crippen LogP contribution in [-0.2, 0) is 4.79 Å². The van der Waals surface area contributed by atoms with Crippen LogP contribution in [-0.4, -0.2) is 31.4 Å². The number of hydrogen-bond donors (Lipinski definition) is 1. The molecule has 0 aliphatic rings. The number of rotatable bonds is 5. The zero-order valence-corrected chi connectivity index (χ0v) is 13.2.